The molecular weight excluding hydrogens is 389 g/mol. The van der Waals surface area contributed by atoms with Crippen molar-refractivity contribution in [2.45, 2.75) is 19.9 Å². The standard InChI is InChI=1S/C22H22FN3O4/c1-13(2)19(26-20(28)16-9-4-5-10-17(16)21(26)29)22(30)25(3)12-18(27)24-15-8-6-7-14(23)11-15/h4-11,13,19H,12H2,1-3H3,(H,24,27). The van der Waals surface area contributed by atoms with Crippen molar-refractivity contribution < 1.29 is 23.6 Å². The highest BCUT2D eigenvalue weighted by Gasteiger charge is 2.44. The second-order valence-corrected chi connectivity index (χ2v) is 7.47. The number of anilines is 1. The van der Waals surface area contributed by atoms with E-state index in [1.807, 2.05) is 0 Å². The molecular formula is C22H22FN3O4. The smallest absolute Gasteiger partial charge is 0.262 e. The number of likely N-dealkylation sites (N-methyl/N-ethyl adjacent to an activating group) is 1. The number of halogens is 1. The zero-order valence-electron chi connectivity index (χ0n) is 16.9. The molecule has 1 aliphatic heterocycles. The van der Waals surface area contributed by atoms with Gasteiger partial charge in [0.05, 0.1) is 17.7 Å². The average Bonchev–Trinajstić information content (AvgIpc) is 2.93. The topological polar surface area (TPSA) is 86.8 Å². The number of imide groups is 1. The lowest BCUT2D eigenvalue weighted by Crippen LogP contribution is -2.53. The van der Waals surface area contributed by atoms with Crippen LogP contribution in [0.1, 0.15) is 34.6 Å². The Bertz CT molecular complexity index is 986. The first-order chi connectivity index (χ1) is 14.2. The van der Waals surface area contributed by atoms with Crippen molar-refractivity contribution in [2.24, 2.45) is 5.92 Å². The summed E-state index contributed by atoms with van der Waals surface area (Å²) < 4.78 is 13.3. The summed E-state index contributed by atoms with van der Waals surface area (Å²) in [7, 11) is 1.42. The molecule has 1 unspecified atom stereocenters. The van der Waals surface area contributed by atoms with Crippen LogP contribution in [-0.2, 0) is 9.59 Å². The molecule has 2 aromatic carbocycles. The predicted octanol–water partition coefficient (Wildman–Crippen LogP) is 2.54. The summed E-state index contributed by atoms with van der Waals surface area (Å²) in [4.78, 5) is 53.1. The highest BCUT2D eigenvalue weighted by Crippen LogP contribution is 2.27. The van der Waals surface area contributed by atoms with Gasteiger partial charge >= 0.3 is 0 Å². The number of amides is 4. The van der Waals surface area contributed by atoms with Gasteiger partial charge < -0.3 is 10.2 Å². The van der Waals surface area contributed by atoms with Crippen molar-refractivity contribution in [3.8, 4) is 0 Å². The van der Waals surface area contributed by atoms with Crippen LogP contribution in [0.25, 0.3) is 0 Å². The fourth-order valence-corrected chi connectivity index (χ4v) is 3.44. The number of nitrogens with one attached hydrogen (secondary N) is 1. The van der Waals surface area contributed by atoms with Crippen LogP contribution in [0.5, 0.6) is 0 Å². The third-order valence-electron chi connectivity index (χ3n) is 4.85. The largest absolute Gasteiger partial charge is 0.335 e. The Labute approximate surface area is 173 Å². The lowest BCUT2D eigenvalue weighted by Gasteiger charge is -2.31. The van der Waals surface area contributed by atoms with Crippen LogP contribution in [0.2, 0.25) is 0 Å². The molecule has 0 radical (unpaired) electrons. The van der Waals surface area contributed by atoms with Gasteiger partial charge in [0, 0.05) is 12.7 Å². The van der Waals surface area contributed by atoms with Crippen molar-refractivity contribution in [2.75, 3.05) is 18.9 Å². The molecule has 1 heterocycles. The van der Waals surface area contributed by atoms with E-state index in [0.717, 1.165) is 15.9 Å². The first kappa shape index (κ1) is 21.2. The van der Waals surface area contributed by atoms with Crippen molar-refractivity contribution in [3.63, 3.8) is 0 Å². The summed E-state index contributed by atoms with van der Waals surface area (Å²) in [5.74, 6) is -2.98. The van der Waals surface area contributed by atoms with Crippen LogP contribution in [0.15, 0.2) is 48.5 Å². The zero-order chi connectivity index (χ0) is 22.0. The van der Waals surface area contributed by atoms with E-state index in [0.29, 0.717) is 0 Å². The molecule has 1 N–H and O–H groups in total. The van der Waals surface area contributed by atoms with Gasteiger partial charge in [-0.3, -0.25) is 24.1 Å². The van der Waals surface area contributed by atoms with Gasteiger partial charge in [0.15, 0.2) is 0 Å². The van der Waals surface area contributed by atoms with Crippen molar-refractivity contribution in [1.29, 1.82) is 0 Å². The minimum atomic E-state index is -1.05. The highest BCUT2D eigenvalue weighted by atomic mass is 19.1. The molecule has 4 amide bonds. The minimum absolute atomic E-state index is 0.257. The first-order valence-corrected chi connectivity index (χ1v) is 9.48. The normalized spacial score (nSPS) is 14.0. The van der Waals surface area contributed by atoms with Crippen LogP contribution < -0.4 is 5.32 Å². The number of carbonyl (C=O) groups excluding carboxylic acids is 4. The van der Waals surface area contributed by atoms with Crippen LogP contribution in [-0.4, -0.2) is 53.1 Å². The number of nitrogens with zero attached hydrogens (tertiary/aromatic N) is 2. The molecule has 0 spiro atoms. The highest BCUT2D eigenvalue weighted by molar-refractivity contribution is 6.22. The van der Waals surface area contributed by atoms with Gasteiger partial charge in [-0.1, -0.05) is 32.0 Å². The van der Waals surface area contributed by atoms with Crippen molar-refractivity contribution in [3.05, 3.63) is 65.5 Å². The molecule has 0 saturated heterocycles. The fourth-order valence-electron chi connectivity index (χ4n) is 3.44. The molecule has 7 nitrogen and oxygen atoms in total. The van der Waals surface area contributed by atoms with Gasteiger partial charge in [0.1, 0.15) is 11.9 Å². The summed E-state index contributed by atoms with van der Waals surface area (Å²) in [5.41, 5.74) is 0.779. The molecule has 0 fully saturated rings. The van der Waals surface area contributed by atoms with E-state index >= 15 is 0 Å². The van der Waals surface area contributed by atoms with E-state index in [9.17, 15) is 23.6 Å². The molecule has 1 aliphatic rings. The molecule has 0 aliphatic carbocycles. The molecule has 0 saturated carbocycles. The zero-order valence-corrected chi connectivity index (χ0v) is 16.9. The van der Waals surface area contributed by atoms with E-state index in [2.05, 4.69) is 5.32 Å². The molecule has 3 rings (SSSR count). The lowest BCUT2D eigenvalue weighted by atomic mass is 10.0. The molecule has 30 heavy (non-hydrogen) atoms. The Hall–Kier alpha value is -3.55. The Morgan fingerprint density at radius 3 is 2.17 bits per heavy atom. The maximum atomic E-state index is 13.3. The Kier molecular flexibility index (Phi) is 5.96. The molecule has 0 aromatic heterocycles. The lowest BCUT2D eigenvalue weighted by molar-refractivity contribution is -0.138. The maximum absolute atomic E-state index is 13.3. The SMILES string of the molecule is CC(C)C(C(=O)N(C)CC(=O)Nc1cccc(F)c1)N1C(=O)c2ccccc2C1=O. The Balaban J connectivity index is 1.75. The number of hydrogen-bond acceptors (Lipinski definition) is 4. The first-order valence-electron chi connectivity index (χ1n) is 9.48. The number of benzene rings is 2. The van der Waals surface area contributed by atoms with Gasteiger partial charge in [-0.05, 0) is 36.2 Å². The van der Waals surface area contributed by atoms with E-state index in [1.165, 1.54) is 25.2 Å². The van der Waals surface area contributed by atoms with E-state index in [-0.39, 0.29) is 29.3 Å². The van der Waals surface area contributed by atoms with E-state index in [4.69, 9.17) is 0 Å². The monoisotopic (exact) mass is 411 g/mol. The second kappa shape index (κ2) is 8.44. The van der Waals surface area contributed by atoms with E-state index in [1.54, 1.807) is 38.1 Å². The number of rotatable bonds is 6. The third-order valence-corrected chi connectivity index (χ3v) is 4.85. The molecule has 156 valence electrons. The van der Waals surface area contributed by atoms with Crippen molar-refractivity contribution in [1.82, 2.24) is 9.80 Å². The molecule has 8 heteroatoms. The summed E-state index contributed by atoms with van der Waals surface area (Å²) in [6.45, 7) is 3.14. The Morgan fingerprint density at radius 2 is 1.63 bits per heavy atom. The van der Waals surface area contributed by atoms with Crippen LogP contribution in [0.3, 0.4) is 0 Å². The summed E-state index contributed by atoms with van der Waals surface area (Å²) >= 11 is 0. The maximum Gasteiger partial charge on any atom is 0.262 e. The second-order valence-electron chi connectivity index (χ2n) is 7.47. The van der Waals surface area contributed by atoms with Gasteiger partial charge in [-0.25, -0.2) is 4.39 Å². The van der Waals surface area contributed by atoms with Gasteiger partial charge in [0.25, 0.3) is 11.8 Å². The van der Waals surface area contributed by atoms with Crippen molar-refractivity contribution >= 4 is 29.3 Å². The van der Waals surface area contributed by atoms with Crippen LogP contribution in [0, 0.1) is 11.7 Å². The fraction of sp³-hybridized carbons (Fsp3) is 0.273. The number of fused-ring (bicyclic) bond motifs is 1. The number of carbonyl (C=O) groups is 4. The van der Waals surface area contributed by atoms with Crippen LogP contribution >= 0.6 is 0 Å². The summed E-state index contributed by atoms with van der Waals surface area (Å²) in [5, 5.41) is 2.52. The summed E-state index contributed by atoms with van der Waals surface area (Å²) in [6, 6.07) is 10.8. The third kappa shape index (κ3) is 4.07. The quantitative estimate of drug-likeness (QED) is 0.740. The van der Waals surface area contributed by atoms with Gasteiger partial charge in [-0.2, -0.15) is 0 Å². The summed E-state index contributed by atoms with van der Waals surface area (Å²) in [6.07, 6.45) is 0. The van der Waals surface area contributed by atoms with Gasteiger partial charge in [0.2, 0.25) is 11.8 Å². The van der Waals surface area contributed by atoms with Crippen LogP contribution in [0.4, 0.5) is 10.1 Å². The minimum Gasteiger partial charge on any atom is -0.335 e. The number of hydrogen-bond donors (Lipinski definition) is 1. The molecule has 1 atom stereocenters. The van der Waals surface area contributed by atoms with Gasteiger partial charge in [-0.15, -0.1) is 0 Å². The molecule has 2 aromatic rings. The molecule has 0 bridgehead atoms. The average molecular weight is 411 g/mol. The predicted molar refractivity (Wildman–Crippen MR) is 108 cm³/mol. The van der Waals surface area contributed by atoms with E-state index < -0.39 is 35.5 Å². The Morgan fingerprint density at radius 1 is 1.03 bits per heavy atom.